The summed E-state index contributed by atoms with van der Waals surface area (Å²) in [5.41, 5.74) is 0.921. The van der Waals surface area contributed by atoms with E-state index in [9.17, 15) is 0 Å². The molecule has 0 atom stereocenters. The van der Waals surface area contributed by atoms with Gasteiger partial charge in [0.05, 0.1) is 0 Å². The monoisotopic (exact) mass is 341 g/mol. The van der Waals surface area contributed by atoms with Crippen molar-refractivity contribution in [3.8, 4) is 0 Å². The predicted molar refractivity (Wildman–Crippen MR) is 79.4 cm³/mol. The van der Waals surface area contributed by atoms with Crippen molar-refractivity contribution in [2.75, 3.05) is 0 Å². The fraction of sp³-hybridized carbons (Fsp3) is 0.167. The second kappa shape index (κ2) is 6.46. The van der Waals surface area contributed by atoms with E-state index in [0.717, 1.165) is 5.56 Å². The molecule has 0 N–H and O–H groups in total. The Kier molecular flexibility index (Phi) is 4.42. The maximum absolute atomic E-state index is 6.11. The molecule has 0 aliphatic heterocycles. The zero-order valence-corrected chi connectivity index (χ0v) is 12.9. The minimum Gasteiger partial charge on any atom is -0.414 e. The van der Waals surface area contributed by atoms with Crippen molar-refractivity contribution in [3.05, 3.63) is 52.4 Å². The maximum atomic E-state index is 6.11. The van der Waals surface area contributed by atoms with Crippen molar-refractivity contribution < 1.29 is 4.42 Å². The van der Waals surface area contributed by atoms with E-state index in [2.05, 4.69) is 20.3 Å². The van der Waals surface area contributed by atoms with Gasteiger partial charge in [-0.25, -0.2) is 9.67 Å². The lowest BCUT2D eigenvalue weighted by Gasteiger charge is -2.02. The molecule has 3 rings (SSSR count). The lowest BCUT2D eigenvalue weighted by atomic mass is 10.2. The first kappa shape index (κ1) is 14.4. The van der Waals surface area contributed by atoms with Crippen molar-refractivity contribution in [3.63, 3.8) is 0 Å². The smallest absolute Gasteiger partial charge is 0.276 e. The van der Waals surface area contributed by atoms with Gasteiger partial charge in [-0.3, -0.25) is 0 Å². The summed E-state index contributed by atoms with van der Waals surface area (Å²) >= 11 is 13.5. The third kappa shape index (κ3) is 3.75. The summed E-state index contributed by atoms with van der Waals surface area (Å²) in [6, 6.07) is 5.34. The van der Waals surface area contributed by atoms with Gasteiger partial charge >= 0.3 is 0 Å². The molecule has 0 bridgehead atoms. The van der Waals surface area contributed by atoms with Gasteiger partial charge in [0.25, 0.3) is 5.22 Å². The SMILES string of the molecule is Clc1ccc(Cl)c(CSc2nnc(Cn3cncn3)o2)c1. The lowest BCUT2D eigenvalue weighted by molar-refractivity contribution is 0.397. The first-order valence-corrected chi connectivity index (χ1v) is 7.66. The first-order valence-electron chi connectivity index (χ1n) is 5.92. The van der Waals surface area contributed by atoms with E-state index in [1.807, 2.05) is 6.07 Å². The van der Waals surface area contributed by atoms with E-state index in [-0.39, 0.29) is 0 Å². The fourth-order valence-corrected chi connectivity index (χ4v) is 2.84. The van der Waals surface area contributed by atoms with Gasteiger partial charge < -0.3 is 4.42 Å². The minimum atomic E-state index is 0.394. The number of aromatic nitrogens is 5. The van der Waals surface area contributed by atoms with Gasteiger partial charge in [-0.1, -0.05) is 35.0 Å². The van der Waals surface area contributed by atoms with Crippen molar-refractivity contribution in [1.29, 1.82) is 0 Å². The molecule has 0 fully saturated rings. The molecule has 9 heteroatoms. The highest BCUT2D eigenvalue weighted by molar-refractivity contribution is 7.98. The molecule has 0 spiro atoms. The molecule has 1 aromatic carbocycles. The first-order chi connectivity index (χ1) is 10.2. The number of hydrogen-bond donors (Lipinski definition) is 0. The Morgan fingerprint density at radius 1 is 1.24 bits per heavy atom. The Hall–Kier alpha value is -1.57. The Morgan fingerprint density at radius 2 is 2.14 bits per heavy atom. The number of benzene rings is 1. The zero-order valence-electron chi connectivity index (χ0n) is 10.6. The van der Waals surface area contributed by atoms with E-state index >= 15 is 0 Å². The molecule has 6 nitrogen and oxygen atoms in total. The van der Waals surface area contributed by atoms with Crippen LogP contribution < -0.4 is 0 Å². The topological polar surface area (TPSA) is 69.6 Å². The average molecular weight is 342 g/mol. The minimum absolute atomic E-state index is 0.394. The van der Waals surface area contributed by atoms with Gasteiger partial charge in [0, 0.05) is 15.8 Å². The van der Waals surface area contributed by atoms with Crippen LogP contribution in [0.5, 0.6) is 0 Å². The summed E-state index contributed by atoms with van der Waals surface area (Å²) in [6.45, 7) is 0.394. The standard InChI is InChI=1S/C12H9Cl2N5OS/c13-9-1-2-10(14)8(3-9)5-21-12-18-17-11(20-12)4-19-7-15-6-16-19/h1-3,6-7H,4-5H2. The van der Waals surface area contributed by atoms with Gasteiger partial charge in [-0.2, -0.15) is 5.10 Å². The van der Waals surface area contributed by atoms with Crippen molar-refractivity contribution >= 4 is 35.0 Å². The van der Waals surface area contributed by atoms with Crippen LogP contribution in [-0.2, 0) is 12.3 Å². The largest absolute Gasteiger partial charge is 0.414 e. The summed E-state index contributed by atoms with van der Waals surface area (Å²) in [7, 11) is 0. The molecule has 2 heterocycles. The quantitative estimate of drug-likeness (QED) is 0.663. The Labute approximate surface area is 134 Å². The van der Waals surface area contributed by atoms with Gasteiger partial charge in [0.15, 0.2) is 0 Å². The lowest BCUT2D eigenvalue weighted by Crippen LogP contribution is -1.99. The van der Waals surface area contributed by atoms with Crippen molar-refractivity contribution in [2.45, 2.75) is 17.5 Å². The third-order valence-corrected chi connectivity index (χ3v) is 4.04. The van der Waals surface area contributed by atoms with E-state index in [1.54, 1.807) is 23.1 Å². The summed E-state index contributed by atoms with van der Waals surface area (Å²) in [6.07, 6.45) is 3.04. The number of thioether (sulfide) groups is 1. The van der Waals surface area contributed by atoms with Crippen LogP contribution in [0.25, 0.3) is 0 Å². The summed E-state index contributed by atoms with van der Waals surface area (Å²) in [5.74, 6) is 1.07. The summed E-state index contributed by atoms with van der Waals surface area (Å²) in [5, 5.41) is 13.7. The van der Waals surface area contributed by atoms with E-state index in [1.165, 1.54) is 18.1 Å². The van der Waals surface area contributed by atoms with Crippen LogP contribution in [0, 0.1) is 0 Å². The van der Waals surface area contributed by atoms with Gasteiger partial charge in [-0.15, -0.1) is 10.2 Å². The third-order valence-electron chi connectivity index (χ3n) is 2.57. The maximum Gasteiger partial charge on any atom is 0.276 e. The Balaban J connectivity index is 1.63. The predicted octanol–water partition coefficient (Wildman–Crippen LogP) is 3.31. The van der Waals surface area contributed by atoms with Gasteiger partial charge in [0.1, 0.15) is 19.2 Å². The molecule has 0 aliphatic rings. The van der Waals surface area contributed by atoms with Crippen molar-refractivity contribution in [2.24, 2.45) is 0 Å². The molecule has 0 unspecified atom stereocenters. The van der Waals surface area contributed by atoms with Crippen LogP contribution >= 0.6 is 35.0 Å². The van der Waals surface area contributed by atoms with Crippen molar-refractivity contribution in [1.82, 2.24) is 25.0 Å². The molecule has 3 aromatic rings. The number of rotatable bonds is 5. The van der Waals surface area contributed by atoms with E-state index < -0.39 is 0 Å². The molecule has 2 aromatic heterocycles. The van der Waals surface area contributed by atoms with Crippen LogP contribution in [-0.4, -0.2) is 25.0 Å². The van der Waals surface area contributed by atoms with Crippen LogP contribution in [0.3, 0.4) is 0 Å². The molecule has 0 amide bonds. The summed E-state index contributed by atoms with van der Waals surface area (Å²) in [4.78, 5) is 3.85. The number of halogens is 2. The Morgan fingerprint density at radius 3 is 2.95 bits per heavy atom. The summed E-state index contributed by atoms with van der Waals surface area (Å²) < 4.78 is 7.13. The molecular weight excluding hydrogens is 333 g/mol. The van der Waals surface area contributed by atoms with E-state index in [4.69, 9.17) is 27.6 Å². The van der Waals surface area contributed by atoms with Crippen LogP contribution in [0.2, 0.25) is 10.0 Å². The molecule has 0 aliphatic carbocycles. The molecule has 108 valence electrons. The molecule has 0 radical (unpaired) electrons. The highest BCUT2D eigenvalue weighted by Gasteiger charge is 2.09. The zero-order chi connectivity index (χ0) is 14.7. The average Bonchev–Trinajstić information content (AvgIpc) is 3.12. The molecule has 0 saturated carbocycles. The van der Waals surface area contributed by atoms with Crippen LogP contribution in [0.15, 0.2) is 40.5 Å². The van der Waals surface area contributed by atoms with Gasteiger partial charge in [-0.05, 0) is 23.8 Å². The molecule has 0 saturated heterocycles. The van der Waals surface area contributed by atoms with Crippen LogP contribution in [0.1, 0.15) is 11.5 Å². The molecule has 21 heavy (non-hydrogen) atoms. The normalized spacial score (nSPS) is 11.0. The second-order valence-electron chi connectivity index (χ2n) is 4.08. The Bertz CT molecular complexity index is 731. The number of nitrogens with zero attached hydrogens (tertiary/aromatic N) is 5. The van der Waals surface area contributed by atoms with Crippen LogP contribution in [0.4, 0.5) is 0 Å². The highest BCUT2D eigenvalue weighted by atomic mass is 35.5. The van der Waals surface area contributed by atoms with Gasteiger partial charge in [0.2, 0.25) is 5.89 Å². The molecular formula is C12H9Cl2N5OS. The second-order valence-corrected chi connectivity index (χ2v) is 5.85. The fourth-order valence-electron chi connectivity index (χ4n) is 1.61. The number of hydrogen-bond acceptors (Lipinski definition) is 6. The van der Waals surface area contributed by atoms with E-state index in [0.29, 0.717) is 33.5 Å². The highest BCUT2D eigenvalue weighted by Crippen LogP contribution is 2.28.